The van der Waals surface area contributed by atoms with Crippen molar-refractivity contribution in [3.63, 3.8) is 0 Å². The molecule has 0 N–H and O–H groups in total. The Bertz CT molecular complexity index is 1480. The molecule has 0 aromatic heterocycles. The summed E-state index contributed by atoms with van der Waals surface area (Å²) in [6, 6.07) is 20.6. The van der Waals surface area contributed by atoms with Crippen LogP contribution in [-0.4, -0.2) is 50.6 Å². The second-order valence-corrected chi connectivity index (χ2v) is 11.6. The van der Waals surface area contributed by atoms with Crippen LogP contribution < -0.4 is 9.08 Å². The Balaban J connectivity index is 1.19. The predicted octanol–water partition coefficient (Wildman–Crippen LogP) is 5.21. The maximum Gasteiger partial charge on any atom is 0.339 e. The van der Waals surface area contributed by atoms with E-state index in [9.17, 15) is 13.2 Å². The number of hydrogen-bond donors (Lipinski definition) is 0. The molecule has 0 spiro atoms. The molecule has 0 aliphatic carbocycles. The lowest BCUT2D eigenvalue weighted by Gasteiger charge is -2.36. The smallest absolute Gasteiger partial charge is 0.339 e. The Morgan fingerprint density at radius 3 is 2.30 bits per heavy atom. The van der Waals surface area contributed by atoms with Crippen LogP contribution in [0.5, 0.6) is 5.75 Å². The molecule has 190 valence electrons. The minimum absolute atomic E-state index is 0.0855. The van der Waals surface area contributed by atoms with E-state index < -0.39 is 10.1 Å². The van der Waals surface area contributed by atoms with E-state index in [1.165, 1.54) is 23.9 Å². The van der Waals surface area contributed by atoms with Crippen molar-refractivity contribution in [3.05, 3.63) is 93.9 Å². The Morgan fingerprint density at radius 1 is 0.946 bits per heavy atom. The molecular formula is C27H24ClN3O4S2. The SMILES string of the molecule is Cc1ccc(N2CCN(C3=NC(=O)C(=Cc4ccc(OS(=O)(=O)c5ccccc5)cc4)S3)CC2)cc1Cl. The van der Waals surface area contributed by atoms with Gasteiger partial charge in [-0.15, -0.1) is 0 Å². The number of amidine groups is 1. The van der Waals surface area contributed by atoms with Crippen LogP contribution in [0.1, 0.15) is 11.1 Å². The molecule has 2 aliphatic rings. The lowest BCUT2D eigenvalue weighted by Crippen LogP contribution is -2.47. The normalized spacial score (nSPS) is 17.3. The van der Waals surface area contributed by atoms with Gasteiger partial charge in [0.05, 0.1) is 4.91 Å². The molecule has 2 heterocycles. The van der Waals surface area contributed by atoms with E-state index in [0.717, 1.165) is 48.0 Å². The van der Waals surface area contributed by atoms with Crippen molar-refractivity contribution in [2.45, 2.75) is 11.8 Å². The van der Waals surface area contributed by atoms with E-state index in [0.29, 0.717) is 10.1 Å². The van der Waals surface area contributed by atoms with Crippen molar-refractivity contribution in [3.8, 4) is 5.75 Å². The van der Waals surface area contributed by atoms with Crippen LogP contribution in [0.4, 0.5) is 5.69 Å². The van der Waals surface area contributed by atoms with E-state index in [-0.39, 0.29) is 16.6 Å². The van der Waals surface area contributed by atoms with Gasteiger partial charge in [-0.1, -0.05) is 48.0 Å². The number of rotatable bonds is 5. The summed E-state index contributed by atoms with van der Waals surface area (Å²) >= 11 is 7.64. The lowest BCUT2D eigenvalue weighted by molar-refractivity contribution is -0.113. The molecule has 3 aromatic carbocycles. The van der Waals surface area contributed by atoms with Gasteiger partial charge in [-0.25, -0.2) is 0 Å². The third-order valence-electron chi connectivity index (χ3n) is 6.10. The summed E-state index contributed by atoms with van der Waals surface area (Å²) in [6.45, 7) is 5.10. The number of thioether (sulfide) groups is 1. The number of nitrogens with zero attached hydrogens (tertiary/aromatic N) is 3. The predicted molar refractivity (Wildman–Crippen MR) is 149 cm³/mol. The molecule has 2 aliphatic heterocycles. The number of aliphatic imine (C=N–C) groups is 1. The van der Waals surface area contributed by atoms with E-state index in [1.54, 1.807) is 48.5 Å². The number of hydrogen-bond acceptors (Lipinski definition) is 7. The van der Waals surface area contributed by atoms with E-state index in [1.807, 2.05) is 19.1 Å². The van der Waals surface area contributed by atoms with Gasteiger partial charge in [0, 0.05) is 36.9 Å². The number of piperazine rings is 1. The quantitative estimate of drug-likeness (QED) is 0.317. The fourth-order valence-corrected chi connectivity index (χ4v) is 6.09. The molecule has 0 saturated carbocycles. The molecule has 10 heteroatoms. The lowest BCUT2D eigenvalue weighted by atomic mass is 10.2. The van der Waals surface area contributed by atoms with Gasteiger partial charge in [0.2, 0.25) is 0 Å². The van der Waals surface area contributed by atoms with Crippen molar-refractivity contribution in [2.75, 3.05) is 31.1 Å². The van der Waals surface area contributed by atoms with Gasteiger partial charge in [-0.3, -0.25) is 4.79 Å². The van der Waals surface area contributed by atoms with Crippen LogP contribution >= 0.6 is 23.4 Å². The summed E-state index contributed by atoms with van der Waals surface area (Å²) in [7, 11) is -3.91. The largest absolute Gasteiger partial charge is 0.379 e. The summed E-state index contributed by atoms with van der Waals surface area (Å²) in [5.41, 5.74) is 2.90. The minimum Gasteiger partial charge on any atom is -0.379 e. The second kappa shape index (κ2) is 10.6. The Kier molecular flexibility index (Phi) is 7.28. The molecule has 1 saturated heterocycles. The van der Waals surface area contributed by atoms with Crippen molar-refractivity contribution < 1.29 is 17.4 Å². The van der Waals surface area contributed by atoms with Gasteiger partial charge in [-0.05, 0) is 72.3 Å². The van der Waals surface area contributed by atoms with Gasteiger partial charge in [0.15, 0.2) is 5.17 Å². The summed E-state index contributed by atoms with van der Waals surface area (Å²) in [6.07, 6.45) is 1.75. The fraction of sp³-hybridized carbons (Fsp3) is 0.185. The minimum atomic E-state index is -3.91. The highest BCUT2D eigenvalue weighted by Gasteiger charge is 2.28. The summed E-state index contributed by atoms with van der Waals surface area (Å²) in [4.78, 5) is 21.8. The van der Waals surface area contributed by atoms with Gasteiger partial charge in [0.1, 0.15) is 10.6 Å². The standard InChI is InChI=1S/C27H24ClN3O4S2/c1-19-7-10-21(18-24(19)28)30-13-15-31(16-14-30)27-29-26(32)25(36-27)17-20-8-11-22(12-9-20)35-37(33,34)23-5-3-2-4-6-23/h2-12,17-18H,13-16H2,1H3. The summed E-state index contributed by atoms with van der Waals surface area (Å²) < 4.78 is 30.0. The van der Waals surface area contributed by atoms with E-state index in [4.69, 9.17) is 15.8 Å². The zero-order chi connectivity index (χ0) is 26.0. The fourth-order valence-electron chi connectivity index (χ4n) is 4.00. The van der Waals surface area contributed by atoms with Crippen LogP contribution in [0.2, 0.25) is 5.02 Å². The zero-order valence-corrected chi connectivity index (χ0v) is 22.4. The zero-order valence-electron chi connectivity index (χ0n) is 20.0. The number of aryl methyl sites for hydroxylation is 1. The Hall–Kier alpha value is -3.27. The van der Waals surface area contributed by atoms with Gasteiger partial charge in [-0.2, -0.15) is 13.4 Å². The third-order valence-corrected chi connectivity index (χ3v) is 8.81. The van der Waals surface area contributed by atoms with E-state index in [2.05, 4.69) is 20.9 Å². The highest BCUT2D eigenvalue weighted by atomic mass is 35.5. The van der Waals surface area contributed by atoms with Crippen molar-refractivity contribution in [2.24, 2.45) is 4.99 Å². The van der Waals surface area contributed by atoms with Gasteiger partial charge >= 0.3 is 10.1 Å². The maximum atomic E-state index is 12.6. The summed E-state index contributed by atoms with van der Waals surface area (Å²) in [5.74, 6) is -0.0826. The van der Waals surface area contributed by atoms with E-state index >= 15 is 0 Å². The van der Waals surface area contributed by atoms with Gasteiger partial charge < -0.3 is 14.0 Å². The molecule has 37 heavy (non-hydrogen) atoms. The molecule has 1 fully saturated rings. The van der Waals surface area contributed by atoms with Gasteiger partial charge in [0.25, 0.3) is 5.91 Å². The first-order chi connectivity index (χ1) is 17.8. The van der Waals surface area contributed by atoms with Crippen LogP contribution in [0, 0.1) is 6.92 Å². The molecule has 0 unspecified atom stereocenters. The van der Waals surface area contributed by atoms with Crippen LogP contribution in [0.25, 0.3) is 6.08 Å². The molecule has 0 atom stereocenters. The van der Waals surface area contributed by atoms with Crippen LogP contribution in [0.3, 0.4) is 0 Å². The Labute approximate surface area is 225 Å². The number of anilines is 1. The van der Waals surface area contributed by atoms with Crippen molar-refractivity contribution in [1.29, 1.82) is 0 Å². The average Bonchev–Trinajstić information content (AvgIpc) is 3.27. The van der Waals surface area contributed by atoms with Crippen LogP contribution in [-0.2, 0) is 14.9 Å². The Morgan fingerprint density at radius 2 is 1.62 bits per heavy atom. The molecular weight excluding hydrogens is 530 g/mol. The topological polar surface area (TPSA) is 79.3 Å². The number of benzene rings is 3. The molecule has 7 nitrogen and oxygen atoms in total. The van der Waals surface area contributed by atoms with Crippen molar-refractivity contribution in [1.82, 2.24) is 4.90 Å². The number of carbonyl (C=O) groups is 1. The number of carbonyl (C=O) groups excluding carboxylic acids is 1. The first-order valence-corrected chi connectivity index (χ1v) is 14.3. The highest BCUT2D eigenvalue weighted by molar-refractivity contribution is 8.18. The van der Waals surface area contributed by atoms with Crippen molar-refractivity contribution >= 4 is 56.3 Å². The molecule has 3 aromatic rings. The molecule has 0 radical (unpaired) electrons. The summed E-state index contributed by atoms with van der Waals surface area (Å²) in [5, 5.41) is 1.46. The highest BCUT2D eigenvalue weighted by Crippen LogP contribution is 2.32. The molecule has 1 amide bonds. The first-order valence-electron chi connectivity index (χ1n) is 11.7. The average molecular weight is 554 g/mol. The second-order valence-electron chi connectivity index (χ2n) is 8.64. The van der Waals surface area contributed by atoms with Crippen LogP contribution in [0.15, 0.2) is 87.6 Å². The third kappa shape index (κ3) is 5.84. The molecule has 5 rings (SSSR count). The maximum absolute atomic E-state index is 12.6. The number of halogens is 1. The number of amides is 1. The molecule has 0 bridgehead atoms. The monoisotopic (exact) mass is 553 g/mol. The first kappa shape index (κ1) is 25.4.